The van der Waals surface area contributed by atoms with Gasteiger partial charge in [0.25, 0.3) is 0 Å². The van der Waals surface area contributed by atoms with Crippen LogP contribution in [0.15, 0.2) is 69.0 Å². The van der Waals surface area contributed by atoms with Crippen molar-refractivity contribution in [3.05, 3.63) is 74.6 Å². The molecule has 0 amide bonds. The zero-order valence-electron chi connectivity index (χ0n) is 18.4. The molecule has 0 saturated carbocycles. The van der Waals surface area contributed by atoms with Gasteiger partial charge in [0.05, 0.1) is 27.2 Å². The van der Waals surface area contributed by atoms with Crippen LogP contribution < -0.4 is 4.74 Å². The summed E-state index contributed by atoms with van der Waals surface area (Å²) in [7, 11) is 0. The van der Waals surface area contributed by atoms with Gasteiger partial charge in [-0.15, -0.1) is 0 Å². The lowest BCUT2D eigenvalue weighted by Crippen LogP contribution is -2.46. The molecule has 1 fully saturated rings. The van der Waals surface area contributed by atoms with Crippen molar-refractivity contribution in [1.82, 2.24) is 9.80 Å². The first kappa shape index (κ1) is 23.9. The highest BCUT2D eigenvalue weighted by molar-refractivity contribution is 9.11. The second-order valence-corrected chi connectivity index (χ2v) is 9.87. The molecule has 3 aliphatic rings. The summed E-state index contributed by atoms with van der Waals surface area (Å²) in [6.45, 7) is 5.34. The maximum atomic E-state index is 9.05. The van der Waals surface area contributed by atoms with Gasteiger partial charge in [0, 0.05) is 39.1 Å². The molecule has 1 aromatic carbocycles. The quantitative estimate of drug-likeness (QED) is 0.363. The third kappa shape index (κ3) is 6.66. The monoisotopic (exact) mass is 575 g/mol. The van der Waals surface area contributed by atoms with Gasteiger partial charge in [-0.25, -0.2) is 0 Å². The predicted octanol–water partition coefficient (Wildman–Crippen LogP) is 5.82. The summed E-state index contributed by atoms with van der Waals surface area (Å²) in [6, 6.07) is 5.68. The van der Waals surface area contributed by atoms with Gasteiger partial charge >= 0.3 is 0 Å². The smallest absolute Gasteiger partial charge is 0.231 e. The SMILES string of the molecule is N#Cc1cc(Br)c(OCCCN2CCN(C3=COC=C(CC4=CC=CCC4)O3)CC2)c(Br)c1. The van der Waals surface area contributed by atoms with E-state index in [1.165, 1.54) is 5.57 Å². The number of allylic oxidation sites excluding steroid dienone is 4. The van der Waals surface area contributed by atoms with Crippen LogP contribution in [-0.2, 0) is 9.47 Å². The van der Waals surface area contributed by atoms with Gasteiger partial charge in [-0.1, -0.05) is 23.8 Å². The minimum atomic E-state index is 0.590. The Labute approximate surface area is 212 Å². The molecule has 1 saturated heterocycles. The van der Waals surface area contributed by atoms with Gasteiger partial charge in [0.1, 0.15) is 17.8 Å². The fourth-order valence-electron chi connectivity index (χ4n) is 4.01. The number of rotatable bonds is 8. The normalized spacial score (nSPS) is 18.5. The molecule has 1 aliphatic carbocycles. The second kappa shape index (κ2) is 11.8. The van der Waals surface area contributed by atoms with Gasteiger partial charge in [0.15, 0.2) is 6.26 Å². The number of hydrogen-bond acceptors (Lipinski definition) is 6. The maximum absolute atomic E-state index is 9.05. The number of nitrogens with zero attached hydrogens (tertiary/aromatic N) is 3. The van der Waals surface area contributed by atoms with Crippen molar-refractivity contribution >= 4 is 31.9 Å². The zero-order valence-corrected chi connectivity index (χ0v) is 21.6. The van der Waals surface area contributed by atoms with Crippen LogP contribution in [0.5, 0.6) is 5.75 Å². The Bertz CT molecular complexity index is 995. The Morgan fingerprint density at radius 3 is 2.58 bits per heavy atom. The third-order valence-electron chi connectivity index (χ3n) is 5.78. The van der Waals surface area contributed by atoms with Crippen molar-refractivity contribution in [2.24, 2.45) is 0 Å². The summed E-state index contributed by atoms with van der Waals surface area (Å²) in [5.41, 5.74) is 1.97. The standard InChI is InChI=1S/C25H27Br2N3O3/c26-22-14-20(16-28)15-23(27)25(22)32-12-4-7-29-8-10-30(11-9-29)24-18-31-17-21(33-24)13-19-5-2-1-3-6-19/h1-2,5,14-15,17-18H,3-4,6-13H2. The van der Waals surface area contributed by atoms with Gasteiger partial charge in [-0.2, -0.15) is 5.26 Å². The van der Waals surface area contributed by atoms with Crippen LogP contribution in [0.4, 0.5) is 0 Å². The lowest BCUT2D eigenvalue weighted by Gasteiger charge is -2.37. The maximum Gasteiger partial charge on any atom is 0.231 e. The van der Waals surface area contributed by atoms with Crippen molar-refractivity contribution in [1.29, 1.82) is 5.26 Å². The van der Waals surface area contributed by atoms with E-state index in [1.807, 2.05) is 0 Å². The van der Waals surface area contributed by atoms with E-state index in [9.17, 15) is 0 Å². The number of hydrogen-bond donors (Lipinski definition) is 0. The molecule has 174 valence electrons. The summed E-state index contributed by atoms with van der Waals surface area (Å²) >= 11 is 6.97. The molecule has 0 radical (unpaired) electrons. The topological polar surface area (TPSA) is 58.0 Å². The van der Waals surface area contributed by atoms with Crippen LogP contribution in [0.25, 0.3) is 0 Å². The van der Waals surface area contributed by atoms with E-state index in [1.54, 1.807) is 24.7 Å². The van der Waals surface area contributed by atoms with Crippen molar-refractivity contribution in [2.75, 3.05) is 39.3 Å². The summed E-state index contributed by atoms with van der Waals surface area (Å²) < 4.78 is 19.2. The van der Waals surface area contributed by atoms with Crippen LogP contribution in [0.3, 0.4) is 0 Å². The first-order chi connectivity index (χ1) is 16.1. The Morgan fingerprint density at radius 1 is 1.09 bits per heavy atom. The van der Waals surface area contributed by atoms with E-state index in [2.05, 4.69) is 66.0 Å². The van der Waals surface area contributed by atoms with E-state index < -0.39 is 0 Å². The molecule has 0 N–H and O–H groups in total. The first-order valence-electron chi connectivity index (χ1n) is 11.2. The fourth-order valence-corrected chi connectivity index (χ4v) is 5.42. The van der Waals surface area contributed by atoms with Gasteiger partial charge in [0.2, 0.25) is 5.88 Å². The van der Waals surface area contributed by atoms with Gasteiger partial charge in [-0.3, -0.25) is 4.90 Å². The third-order valence-corrected chi connectivity index (χ3v) is 6.96. The van der Waals surface area contributed by atoms with Crippen molar-refractivity contribution in [2.45, 2.75) is 25.7 Å². The molecule has 0 spiro atoms. The van der Waals surface area contributed by atoms with E-state index in [-0.39, 0.29) is 0 Å². The molecule has 1 aromatic rings. The van der Waals surface area contributed by atoms with Crippen molar-refractivity contribution < 1.29 is 14.2 Å². The lowest BCUT2D eigenvalue weighted by molar-refractivity contribution is 0.0733. The molecule has 0 bridgehead atoms. The van der Waals surface area contributed by atoms with Crippen LogP contribution >= 0.6 is 31.9 Å². The highest BCUT2D eigenvalue weighted by Gasteiger charge is 2.23. The number of ether oxygens (including phenoxy) is 3. The summed E-state index contributed by atoms with van der Waals surface area (Å²) in [6.07, 6.45) is 13.8. The van der Waals surface area contributed by atoms with Crippen LogP contribution in [-0.4, -0.2) is 49.1 Å². The molecule has 0 atom stereocenters. The van der Waals surface area contributed by atoms with Crippen molar-refractivity contribution in [3.8, 4) is 11.8 Å². The van der Waals surface area contributed by atoms with E-state index in [0.717, 1.165) is 84.7 Å². The number of benzene rings is 1. The van der Waals surface area contributed by atoms with E-state index >= 15 is 0 Å². The predicted molar refractivity (Wildman–Crippen MR) is 134 cm³/mol. The molecular weight excluding hydrogens is 550 g/mol. The summed E-state index contributed by atoms with van der Waals surface area (Å²) in [5, 5.41) is 9.05. The molecule has 0 aromatic heterocycles. The Kier molecular flexibility index (Phi) is 8.54. The van der Waals surface area contributed by atoms with E-state index in [4.69, 9.17) is 19.5 Å². The van der Waals surface area contributed by atoms with Crippen molar-refractivity contribution in [3.63, 3.8) is 0 Å². The molecule has 6 nitrogen and oxygen atoms in total. The molecule has 2 aliphatic heterocycles. The minimum Gasteiger partial charge on any atom is -0.491 e. The molecule has 33 heavy (non-hydrogen) atoms. The fraction of sp³-hybridized carbons (Fsp3) is 0.400. The highest BCUT2D eigenvalue weighted by Crippen LogP contribution is 2.34. The second-order valence-electron chi connectivity index (χ2n) is 8.16. The average molecular weight is 577 g/mol. The highest BCUT2D eigenvalue weighted by atomic mass is 79.9. The van der Waals surface area contributed by atoms with Crippen LogP contribution in [0.1, 0.15) is 31.2 Å². The Morgan fingerprint density at radius 2 is 1.88 bits per heavy atom. The molecular formula is C25H27Br2N3O3. The zero-order chi connectivity index (χ0) is 23.0. The summed E-state index contributed by atoms with van der Waals surface area (Å²) in [4.78, 5) is 4.70. The minimum absolute atomic E-state index is 0.590. The largest absolute Gasteiger partial charge is 0.491 e. The molecule has 8 heteroatoms. The Hall–Kier alpha value is -2.21. The molecule has 4 rings (SSSR count). The number of nitriles is 1. The van der Waals surface area contributed by atoms with Gasteiger partial charge in [-0.05, 0) is 63.3 Å². The van der Waals surface area contributed by atoms with E-state index in [0.29, 0.717) is 12.2 Å². The number of piperazine rings is 1. The number of halogens is 2. The average Bonchev–Trinajstić information content (AvgIpc) is 2.84. The Balaban J connectivity index is 1.17. The lowest BCUT2D eigenvalue weighted by atomic mass is 10.0. The van der Waals surface area contributed by atoms with Crippen LogP contribution in [0.2, 0.25) is 0 Å². The summed E-state index contributed by atoms with van der Waals surface area (Å²) in [5.74, 6) is 2.41. The van der Waals surface area contributed by atoms with Crippen LogP contribution in [0, 0.1) is 11.3 Å². The van der Waals surface area contributed by atoms with Gasteiger partial charge < -0.3 is 19.1 Å². The molecule has 2 heterocycles. The molecule has 0 unspecified atom stereocenters. The first-order valence-corrected chi connectivity index (χ1v) is 12.8.